The van der Waals surface area contributed by atoms with Crippen molar-refractivity contribution in [2.24, 2.45) is 5.73 Å². The number of aromatic nitrogens is 1. The van der Waals surface area contributed by atoms with Gasteiger partial charge in [-0.3, -0.25) is 4.98 Å². The van der Waals surface area contributed by atoms with E-state index in [9.17, 15) is 0 Å². The average Bonchev–Trinajstić information content (AvgIpc) is 2.39. The summed E-state index contributed by atoms with van der Waals surface area (Å²) in [5.41, 5.74) is 8.07. The number of nitrogens with zero attached hydrogens (tertiary/aromatic N) is 2. The van der Waals surface area contributed by atoms with E-state index in [0.717, 1.165) is 28.8 Å². The lowest BCUT2D eigenvalue weighted by atomic mass is 10.1. The Morgan fingerprint density at radius 1 is 1.18 bits per heavy atom. The molecule has 17 heavy (non-hydrogen) atoms. The first-order valence-corrected chi connectivity index (χ1v) is 5.61. The molecule has 3 nitrogen and oxygen atoms in total. The Kier molecular flexibility index (Phi) is 2.29. The maximum Gasteiger partial charge on any atom is 0.103 e. The lowest BCUT2D eigenvalue weighted by molar-refractivity contribution is 1.06. The van der Waals surface area contributed by atoms with Gasteiger partial charge in [0.25, 0.3) is 0 Å². The summed E-state index contributed by atoms with van der Waals surface area (Å²) in [6.07, 6.45) is 8.82. The molecule has 0 saturated heterocycles. The highest BCUT2D eigenvalue weighted by atomic mass is 15.2. The molecule has 0 atom stereocenters. The number of nitrogens with two attached hydrogens (primary N) is 1. The molecule has 0 radical (unpaired) electrons. The SMILES string of the molecule is NC1=CCC=CN1c1ccnc2ccccc12. The zero-order valence-electron chi connectivity index (χ0n) is 9.38. The van der Waals surface area contributed by atoms with Gasteiger partial charge < -0.3 is 10.6 Å². The highest BCUT2D eigenvalue weighted by molar-refractivity contribution is 5.92. The minimum Gasteiger partial charge on any atom is -0.385 e. The molecule has 0 aliphatic carbocycles. The molecular weight excluding hydrogens is 210 g/mol. The van der Waals surface area contributed by atoms with Gasteiger partial charge in [0, 0.05) is 17.8 Å². The zero-order valence-corrected chi connectivity index (χ0v) is 9.38. The largest absolute Gasteiger partial charge is 0.385 e. The number of hydrogen-bond acceptors (Lipinski definition) is 3. The molecule has 1 aromatic carbocycles. The Bertz CT molecular complexity index is 608. The van der Waals surface area contributed by atoms with Crippen molar-refractivity contribution in [2.45, 2.75) is 6.42 Å². The van der Waals surface area contributed by atoms with Crippen LogP contribution in [0.1, 0.15) is 6.42 Å². The summed E-state index contributed by atoms with van der Waals surface area (Å²) in [7, 11) is 0. The van der Waals surface area contributed by atoms with Crippen molar-refractivity contribution in [3.05, 3.63) is 60.7 Å². The van der Waals surface area contributed by atoms with Gasteiger partial charge in [-0.15, -0.1) is 0 Å². The van der Waals surface area contributed by atoms with Crippen LogP contribution in [-0.2, 0) is 0 Å². The van der Waals surface area contributed by atoms with E-state index in [4.69, 9.17) is 5.73 Å². The summed E-state index contributed by atoms with van der Waals surface area (Å²) >= 11 is 0. The lowest BCUT2D eigenvalue weighted by Crippen LogP contribution is -2.23. The van der Waals surface area contributed by atoms with E-state index >= 15 is 0 Å². The molecule has 1 aromatic heterocycles. The minimum atomic E-state index is 0.767. The van der Waals surface area contributed by atoms with Crippen molar-refractivity contribution in [2.75, 3.05) is 4.90 Å². The average molecular weight is 223 g/mol. The highest BCUT2D eigenvalue weighted by Gasteiger charge is 2.11. The standard InChI is InChI=1S/C14H13N3/c15-14-7-3-4-10-17(14)13-8-9-16-12-6-2-1-5-11(12)13/h1-2,4-10H,3,15H2. The van der Waals surface area contributed by atoms with E-state index in [1.165, 1.54) is 0 Å². The first-order chi connectivity index (χ1) is 8.36. The molecular formula is C14H13N3. The predicted molar refractivity (Wildman–Crippen MR) is 70.2 cm³/mol. The van der Waals surface area contributed by atoms with Crippen molar-refractivity contribution in [3.63, 3.8) is 0 Å². The van der Waals surface area contributed by atoms with E-state index < -0.39 is 0 Å². The number of anilines is 1. The fraction of sp³-hybridized carbons (Fsp3) is 0.0714. The summed E-state index contributed by atoms with van der Waals surface area (Å²) in [6.45, 7) is 0. The predicted octanol–water partition coefficient (Wildman–Crippen LogP) is 2.76. The highest BCUT2D eigenvalue weighted by Crippen LogP contribution is 2.28. The Morgan fingerprint density at radius 3 is 2.94 bits per heavy atom. The zero-order chi connectivity index (χ0) is 11.7. The quantitative estimate of drug-likeness (QED) is 0.808. The molecule has 1 aliphatic heterocycles. The van der Waals surface area contributed by atoms with Crippen molar-refractivity contribution in [1.29, 1.82) is 0 Å². The number of pyridine rings is 1. The first kappa shape index (κ1) is 9.90. The topological polar surface area (TPSA) is 42.1 Å². The molecule has 2 N–H and O–H groups in total. The van der Waals surface area contributed by atoms with Crippen molar-refractivity contribution < 1.29 is 0 Å². The molecule has 84 valence electrons. The van der Waals surface area contributed by atoms with E-state index in [1.807, 2.05) is 47.6 Å². The molecule has 0 fully saturated rings. The maximum atomic E-state index is 6.02. The van der Waals surface area contributed by atoms with E-state index in [-0.39, 0.29) is 0 Å². The van der Waals surface area contributed by atoms with Gasteiger partial charge in [0.05, 0.1) is 11.2 Å². The number of para-hydroxylation sites is 1. The van der Waals surface area contributed by atoms with Crippen LogP contribution in [0.2, 0.25) is 0 Å². The second kappa shape index (κ2) is 3.94. The molecule has 3 heteroatoms. The van der Waals surface area contributed by atoms with Crippen LogP contribution in [0.15, 0.2) is 60.7 Å². The van der Waals surface area contributed by atoms with Crippen LogP contribution in [0.25, 0.3) is 10.9 Å². The number of allylic oxidation sites excluding steroid dienone is 2. The molecule has 0 saturated carbocycles. The fourth-order valence-electron chi connectivity index (χ4n) is 2.05. The van der Waals surface area contributed by atoms with Gasteiger partial charge in [-0.05, 0) is 24.6 Å². The van der Waals surface area contributed by atoms with Crippen molar-refractivity contribution in [1.82, 2.24) is 4.98 Å². The van der Waals surface area contributed by atoms with Gasteiger partial charge in [-0.2, -0.15) is 0 Å². The second-order valence-corrected chi connectivity index (χ2v) is 3.97. The first-order valence-electron chi connectivity index (χ1n) is 5.61. The van der Waals surface area contributed by atoms with Gasteiger partial charge in [0.15, 0.2) is 0 Å². The summed E-state index contributed by atoms with van der Waals surface area (Å²) < 4.78 is 0. The van der Waals surface area contributed by atoms with Crippen LogP contribution >= 0.6 is 0 Å². The third-order valence-electron chi connectivity index (χ3n) is 2.88. The van der Waals surface area contributed by atoms with E-state index in [0.29, 0.717) is 0 Å². The third-order valence-corrected chi connectivity index (χ3v) is 2.88. The Morgan fingerprint density at radius 2 is 2.06 bits per heavy atom. The number of rotatable bonds is 1. The maximum absolute atomic E-state index is 6.02. The van der Waals surface area contributed by atoms with Crippen LogP contribution in [0, 0.1) is 0 Å². The van der Waals surface area contributed by atoms with Gasteiger partial charge in [-0.1, -0.05) is 24.3 Å². The second-order valence-electron chi connectivity index (χ2n) is 3.97. The summed E-state index contributed by atoms with van der Waals surface area (Å²) in [4.78, 5) is 6.34. The van der Waals surface area contributed by atoms with Crippen LogP contribution in [0.3, 0.4) is 0 Å². The van der Waals surface area contributed by atoms with Crippen LogP contribution in [0.5, 0.6) is 0 Å². The molecule has 2 aromatic rings. The number of hydrogen-bond donors (Lipinski definition) is 1. The monoisotopic (exact) mass is 223 g/mol. The van der Waals surface area contributed by atoms with Crippen LogP contribution in [0.4, 0.5) is 5.69 Å². The lowest BCUT2D eigenvalue weighted by Gasteiger charge is -2.24. The van der Waals surface area contributed by atoms with Crippen LogP contribution in [-0.4, -0.2) is 4.98 Å². The van der Waals surface area contributed by atoms with E-state index in [2.05, 4.69) is 17.1 Å². The summed E-state index contributed by atoms with van der Waals surface area (Å²) in [5.74, 6) is 0.767. The Labute approximate surface area is 99.9 Å². The molecule has 3 rings (SSSR count). The van der Waals surface area contributed by atoms with Gasteiger partial charge in [-0.25, -0.2) is 0 Å². The van der Waals surface area contributed by atoms with Crippen molar-refractivity contribution >= 4 is 16.6 Å². The number of benzene rings is 1. The Balaban J connectivity index is 2.20. The molecule has 1 aliphatic rings. The van der Waals surface area contributed by atoms with Crippen LogP contribution < -0.4 is 10.6 Å². The molecule has 2 heterocycles. The smallest absolute Gasteiger partial charge is 0.103 e. The molecule has 0 spiro atoms. The van der Waals surface area contributed by atoms with Gasteiger partial charge in [0.2, 0.25) is 0 Å². The summed E-state index contributed by atoms with van der Waals surface area (Å²) in [6, 6.07) is 10.1. The number of fused-ring (bicyclic) bond motifs is 1. The Hall–Kier alpha value is -2.29. The normalized spacial score (nSPS) is 15.1. The molecule has 0 bridgehead atoms. The molecule has 0 amide bonds. The summed E-state index contributed by atoms with van der Waals surface area (Å²) in [5, 5.41) is 1.11. The molecule has 0 unspecified atom stereocenters. The van der Waals surface area contributed by atoms with E-state index in [1.54, 1.807) is 0 Å². The van der Waals surface area contributed by atoms with Gasteiger partial charge in [0.1, 0.15) is 5.82 Å². The fourth-order valence-corrected chi connectivity index (χ4v) is 2.05. The van der Waals surface area contributed by atoms with Crippen molar-refractivity contribution in [3.8, 4) is 0 Å². The third kappa shape index (κ3) is 1.65. The van der Waals surface area contributed by atoms with Gasteiger partial charge >= 0.3 is 0 Å². The minimum absolute atomic E-state index is 0.767.